The van der Waals surface area contributed by atoms with Crippen molar-refractivity contribution in [1.82, 2.24) is 0 Å². The van der Waals surface area contributed by atoms with Crippen molar-refractivity contribution in [3.05, 3.63) is 12.2 Å². The Hall–Kier alpha value is 0.00688. The largest absolute Gasteiger partial charge is 0.465 e. The lowest BCUT2D eigenvalue weighted by Crippen LogP contribution is -2.34. The standard InChI is InChI=1S/C13H20Cl2O2Si/c1-13(9-10-4-5-11(13)8-10)12(16)17-6-3-7-18(2,14)15/h4-5,10-11H,3,6-9H2,1-2H3. The van der Waals surface area contributed by atoms with Gasteiger partial charge in [0.25, 0.3) is 0 Å². The van der Waals surface area contributed by atoms with Gasteiger partial charge in [0.05, 0.1) is 12.0 Å². The minimum absolute atomic E-state index is 0.0492. The molecule has 5 heteroatoms. The van der Waals surface area contributed by atoms with Crippen molar-refractivity contribution in [3.8, 4) is 0 Å². The van der Waals surface area contributed by atoms with E-state index in [1.165, 1.54) is 0 Å². The molecule has 18 heavy (non-hydrogen) atoms. The van der Waals surface area contributed by atoms with E-state index in [2.05, 4.69) is 12.2 Å². The number of carbonyl (C=O) groups excluding carboxylic acids is 1. The first kappa shape index (κ1) is 14.4. The van der Waals surface area contributed by atoms with Crippen LogP contribution in [-0.4, -0.2) is 19.3 Å². The zero-order chi connectivity index (χ0) is 13.4. The van der Waals surface area contributed by atoms with Gasteiger partial charge in [-0.25, -0.2) is 0 Å². The van der Waals surface area contributed by atoms with E-state index in [0.29, 0.717) is 18.4 Å². The quantitative estimate of drug-likeness (QED) is 0.252. The average molecular weight is 307 g/mol. The lowest BCUT2D eigenvalue weighted by molar-refractivity contribution is -0.156. The second kappa shape index (κ2) is 5.18. The van der Waals surface area contributed by atoms with Crippen LogP contribution in [-0.2, 0) is 9.53 Å². The number of hydrogen-bond donors (Lipinski definition) is 0. The summed E-state index contributed by atoms with van der Waals surface area (Å²) in [6.45, 7) is 2.31. The van der Waals surface area contributed by atoms with Crippen molar-refractivity contribution in [2.75, 3.05) is 6.61 Å². The Bertz CT molecular complexity index is 364. The highest BCUT2D eigenvalue weighted by Gasteiger charge is 2.50. The van der Waals surface area contributed by atoms with Gasteiger partial charge in [0.2, 0.25) is 6.69 Å². The molecule has 1 fully saturated rings. The van der Waals surface area contributed by atoms with Crippen molar-refractivity contribution >= 4 is 34.8 Å². The van der Waals surface area contributed by atoms with E-state index in [0.717, 1.165) is 25.3 Å². The van der Waals surface area contributed by atoms with Crippen molar-refractivity contribution in [1.29, 1.82) is 0 Å². The van der Waals surface area contributed by atoms with Crippen LogP contribution in [0.2, 0.25) is 12.6 Å². The van der Waals surface area contributed by atoms with E-state index in [-0.39, 0.29) is 11.4 Å². The maximum Gasteiger partial charge on any atom is 0.312 e. The van der Waals surface area contributed by atoms with Crippen LogP contribution >= 0.6 is 22.2 Å². The molecule has 0 aromatic carbocycles. The number of halogens is 2. The van der Waals surface area contributed by atoms with Gasteiger partial charge in [-0.05, 0) is 50.6 Å². The molecule has 0 N–H and O–H groups in total. The summed E-state index contributed by atoms with van der Waals surface area (Å²) in [7, 11) is 0. The smallest absolute Gasteiger partial charge is 0.312 e. The van der Waals surface area contributed by atoms with Gasteiger partial charge in [0.1, 0.15) is 0 Å². The van der Waals surface area contributed by atoms with Crippen LogP contribution in [0.5, 0.6) is 0 Å². The van der Waals surface area contributed by atoms with Gasteiger partial charge in [0.15, 0.2) is 0 Å². The number of carbonyl (C=O) groups is 1. The second-order valence-electron chi connectivity index (χ2n) is 5.92. The Balaban J connectivity index is 1.77. The molecule has 0 saturated heterocycles. The molecule has 102 valence electrons. The third-order valence-corrected chi connectivity index (χ3v) is 6.50. The molecule has 0 radical (unpaired) electrons. The zero-order valence-electron chi connectivity index (χ0n) is 10.9. The minimum atomic E-state index is -2.05. The van der Waals surface area contributed by atoms with Crippen molar-refractivity contribution in [3.63, 3.8) is 0 Å². The highest BCUT2D eigenvalue weighted by Crippen LogP contribution is 2.52. The Morgan fingerprint density at radius 2 is 2.22 bits per heavy atom. The fourth-order valence-corrected chi connectivity index (χ4v) is 4.61. The summed E-state index contributed by atoms with van der Waals surface area (Å²) in [6.07, 6.45) is 7.22. The average Bonchev–Trinajstić information content (AvgIpc) is 2.82. The summed E-state index contributed by atoms with van der Waals surface area (Å²) in [5.41, 5.74) is -0.303. The van der Waals surface area contributed by atoms with E-state index in [1.54, 1.807) is 0 Å². The first-order chi connectivity index (χ1) is 8.31. The summed E-state index contributed by atoms with van der Waals surface area (Å²) < 4.78 is 5.41. The molecule has 0 aromatic heterocycles. The summed E-state index contributed by atoms with van der Waals surface area (Å²) >= 11 is 12.0. The van der Waals surface area contributed by atoms with Gasteiger partial charge >= 0.3 is 5.97 Å². The predicted octanol–water partition coefficient (Wildman–Crippen LogP) is 4.07. The first-order valence-electron chi connectivity index (χ1n) is 6.55. The fraction of sp³-hybridized carbons (Fsp3) is 0.769. The Morgan fingerprint density at radius 3 is 2.72 bits per heavy atom. The Morgan fingerprint density at radius 1 is 1.50 bits per heavy atom. The van der Waals surface area contributed by atoms with E-state index in [1.807, 2.05) is 13.5 Å². The molecule has 2 rings (SSSR count). The number of esters is 1. The Kier molecular flexibility index (Phi) is 4.15. The van der Waals surface area contributed by atoms with Crippen molar-refractivity contribution in [2.24, 2.45) is 17.3 Å². The van der Waals surface area contributed by atoms with Crippen LogP contribution in [0.15, 0.2) is 12.2 Å². The van der Waals surface area contributed by atoms with Gasteiger partial charge in [-0.15, -0.1) is 22.2 Å². The highest BCUT2D eigenvalue weighted by atomic mass is 35.7. The molecule has 2 aliphatic rings. The molecule has 0 heterocycles. The second-order valence-corrected chi connectivity index (χ2v) is 14.1. The fourth-order valence-electron chi connectivity index (χ4n) is 3.04. The normalized spacial score (nSPS) is 34.0. The van der Waals surface area contributed by atoms with Crippen LogP contribution in [0.3, 0.4) is 0 Å². The number of ether oxygens (including phenoxy) is 1. The molecule has 3 atom stereocenters. The summed E-state index contributed by atoms with van der Waals surface area (Å²) in [4.78, 5) is 12.2. The monoisotopic (exact) mass is 306 g/mol. The third kappa shape index (κ3) is 3.12. The molecule has 2 nitrogen and oxygen atoms in total. The van der Waals surface area contributed by atoms with Gasteiger partial charge in [0, 0.05) is 0 Å². The summed E-state index contributed by atoms with van der Waals surface area (Å²) in [6, 6.07) is 0.770. The highest BCUT2D eigenvalue weighted by molar-refractivity contribution is 7.44. The van der Waals surface area contributed by atoms with Crippen LogP contribution in [0.25, 0.3) is 0 Å². The van der Waals surface area contributed by atoms with Crippen LogP contribution in [0, 0.1) is 17.3 Å². The molecular weight excluding hydrogens is 287 g/mol. The molecule has 2 aliphatic carbocycles. The van der Waals surface area contributed by atoms with Crippen LogP contribution < -0.4 is 0 Å². The van der Waals surface area contributed by atoms with Gasteiger partial charge in [-0.2, -0.15) is 0 Å². The first-order valence-corrected chi connectivity index (χ1v) is 11.3. The van der Waals surface area contributed by atoms with Gasteiger partial charge in [-0.3, -0.25) is 4.79 Å². The lowest BCUT2D eigenvalue weighted by atomic mass is 9.78. The predicted molar refractivity (Wildman–Crippen MR) is 77.2 cm³/mol. The zero-order valence-corrected chi connectivity index (χ0v) is 13.4. The topological polar surface area (TPSA) is 26.3 Å². The molecule has 0 aromatic rings. The van der Waals surface area contributed by atoms with Crippen LogP contribution in [0.4, 0.5) is 0 Å². The lowest BCUT2D eigenvalue weighted by Gasteiger charge is -2.28. The number of allylic oxidation sites excluding steroid dienone is 2. The molecule has 0 spiro atoms. The summed E-state index contributed by atoms with van der Waals surface area (Å²) in [5.74, 6) is 0.900. The Labute approximate surface area is 119 Å². The minimum Gasteiger partial charge on any atom is -0.465 e. The van der Waals surface area contributed by atoms with Gasteiger partial charge < -0.3 is 4.74 Å². The van der Waals surface area contributed by atoms with Crippen molar-refractivity contribution in [2.45, 2.75) is 38.8 Å². The molecule has 1 saturated carbocycles. The molecular formula is C13H20Cl2O2Si. The van der Waals surface area contributed by atoms with E-state index < -0.39 is 6.69 Å². The number of hydrogen-bond acceptors (Lipinski definition) is 2. The van der Waals surface area contributed by atoms with Gasteiger partial charge in [-0.1, -0.05) is 12.2 Å². The van der Waals surface area contributed by atoms with E-state index >= 15 is 0 Å². The summed E-state index contributed by atoms with van der Waals surface area (Å²) in [5, 5.41) is 0. The maximum atomic E-state index is 12.2. The molecule has 0 amide bonds. The maximum absolute atomic E-state index is 12.2. The number of rotatable bonds is 5. The number of fused-ring (bicyclic) bond motifs is 2. The SMILES string of the molecule is CC1(C(=O)OCCC[Si](C)(Cl)Cl)CC2C=CC1C2. The van der Waals surface area contributed by atoms with E-state index in [9.17, 15) is 4.79 Å². The van der Waals surface area contributed by atoms with E-state index in [4.69, 9.17) is 26.9 Å². The molecule has 3 unspecified atom stereocenters. The van der Waals surface area contributed by atoms with Crippen molar-refractivity contribution < 1.29 is 9.53 Å². The molecule has 2 bridgehead atoms. The van der Waals surface area contributed by atoms with Crippen LogP contribution in [0.1, 0.15) is 26.2 Å². The third-order valence-electron chi connectivity index (χ3n) is 4.14. The molecule has 0 aliphatic heterocycles.